The lowest BCUT2D eigenvalue weighted by molar-refractivity contribution is -0.136. The highest BCUT2D eigenvalue weighted by Gasteiger charge is 2.46. The number of piperidine rings is 3. The van der Waals surface area contributed by atoms with E-state index in [0.29, 0.717) is 29.4 Å². The summed E-state index contributed by atoms with van der Waals surface area (Å²) in [7, 11) is 0. The predicted octanol–water partition coefficient (Wildman–Crippen LogP) is 3.33. The van der Waals surface area contributed by atoms with Crippen LogP contribution in [0.1, 0.15) is 83.7 Å². The summed E-state index contributed by atoms with van der Waals surface area (Å²) < 4.78 is 2.12. The van der Waals surface area contributed by atoms with Gasteiger partial charge in [-0.15, -0.1) is 0 Å². The van der Waals surface area contributed by atoms with Crippen molar-refractivity contribution >= 4 is 52.2 Å². The minimum absolute atomic E-state index is 0.0515. The van der Waals surface area contributed by atoms with Gasteiger partial charge in [0.1, 0.15) is 17.9 Å². The fourth-order valence-corrected chi connectivity index (χ4v) is 9.34. The van der Waals surface area contributed by atoms with Gasteiger partial charge in [0.25, 0.3) is 11.8 Å². The largest absolute Gasteiger partial charge is 0.371 e. The summed E-state index contributed by atoms with van der Waals surface area (Å²) in [6, 6.07) is 14.6. The van der Waals surface area contributed by atoms with Crippen LogP contribution in [0.3, 0.4) is 0 Å². The van der Waals surface area contributed by atoms with Crippen LogP contribution in [0.4, 0.5) is 11.5 Å². The number of hydrogen-bond acceptors (Lipinski definition) is 11. The van der Waals surface area contributed by atoms with E-state index < -0.39 is 23.8 Å². The van der Waals surface area contributed by atoms with Crippen molar-refractivity contribution in [1.29, 1.82) is 0 Å². The van der Waals surface area contributed by atoms with Crippen molar-refractivity contribution in [2.75, 3.05) is 49.5 Å². The Morgan fingerprint density at radius 1 is 0.825 bits per heavy atom. The Morgan fingerprint density at radius 3 is 2.37 bits per heavy atom. The van der Waals surface area contributed by atoms with E-state index >= 15 is 0 Å². The number of nitrogens with zero attached hydrogens (tertiary/aromatic N) is 7. The molecule has 1 atom stereocenters. The molecule has 15 nitrogen and oxygen atoms in total. The molecular weight excluding hydrogens is 725 g/mol. The van der Waals surface area contributed by atoms with Gasteiger partial charge in [-0.05, 0) is 87.6 Å². The second-order valence-corrected chi connectivity index (χ2v) is 16.3. The number of carbonyl (C=O) groups is 5. The van der Waals surface area contributed by atoms with Crippen LogP contribution in [-0.4, -0.2) is 110 Å². The molecule has 0 radical (unpaired) electrons. The standard InChI is InChI=1S/C42H48N10O5/c53-34-10-9-33(40(55)48-34)52-41(56)31-7-4-8-32(36(31)42(52)57)50-17-13-28(14-18-50)23-49-15-11-27(12-16-49)22-43-38-37-39(45-24-44-38)51(25-46-37)30-20-29(21-30)47-35(54)19-26-5-2-1-3-6-26/h1-8,24-25,27-30,33H,9-23H2,(H,47,54)(H,43,44,45)(H,48,53,55). The Bertz CT molecular complexity index is 2190. The number of benzene rings is 2. The van der Waals surface area contributed by atoms with E-state index in [2.05, 4.69) is 40.3 Å². The molecule has 57 heavy (non-hydrogen) atoms. The minimum atomic E-state index is -0.971. The van der Waals surface area contributed by atoms with Gasteiger partial charge in [0, 0.05) is 44.7 Å². The van der Waals surface area contributed by atoms with E-state index in [1.165, 1.54) is 0 Å². The number of fused-ring (bicyclic) bond motifs is 2. The molecule has 3 N–H and O–H groups in total. The fourth-order valence-electron chi connectivity index (χ4n) is 9.34. The normalized spacial score (nSPS) is 23.4. The molecule has 2 aromatic heterocycles. The maximum Gasteiger partial charge on any atom is 0.264 e. The van der Waals surface area contributed by atoms with Crippen LogP contribution in [0.5, 0.6) is 0 Å². The first kappa shape index (κ1) is 36.9. The van der Waals surface area contributed by atoms with Crippen molar-refractivity contribution in [3.63, 3.8) is 0 Å². The third-order valence-electron chi connectivity index (χ3n) is 12.6. The summed E-state index contributed by atoms with van der Waals surface area (Å²) in [5, 5.41) is 9.02. The van der Waals surface area contributed by atoms with Crippen LogP contribution in [0, 0.1) is 11.8 Å². The van der Waals surface area contributed by atoms with Gasteiger partial charge < -0.3 is 25.0 Å². The van der Waals surface area contributed by atoms with Crippen LogP contribution in [0.25, 0.3) is 11.2 Å². The van der Waals surface area contributed by atoms with E-state index in [1.807, 2.05) is 42.7 Å². The van der Waals surface area contributed by atoms with E-state index in [1.54, 1.807) is 18.5 Å². The topological polar surface area (TPSA) is 175 Å². The van der Waals surface area contributed by atoms with Crippen molar-refractivity contribution in [2.45, 2.75) is 75.9 Å². The van der Waals surface area contributed by atoms with Gasteiger partial charge >= 0.3 is 0 Å². The van der Waals surface area contributed by atoms with Gasteiger partial charge in [-0.25, -0.2) is 15.0 Å². The fraction of sp³-hybridized carbons (Fsp3) is 0.476. The number of amides is 5. The molecule has 15 heteroatoms. The molecule has 4 aromatic rings. The number of rotatable bonds is 11. The molecular formula is C42H48N10O5. The molecule has 6 heterocycles. The zero-order valence-electron chi connectivity index (χ0n) is 31.9. The first-order chi connectivity index (χ1) is 27.8. The van der Waals surface area contributed by atoms with Gasteiger partial charge in [-0.3, -0.25) is 34.2 Å². The highest BCUT2D eigenvalue weighted by molar-refractivity contribution is 6.25. The van der Waals surface area contributed by atoms with Crippen molar-refractivity contribution in [3.8, 4) is 0 Å². The number of anilines is 2. The Morgan fingerprint density at radius 2 is 1.60 bits per heavy atom. The third kappa shape index (κ3) is 7.47. The van der Waals surface area contributed by atoms with Crippen LogP contribution in [0.15, 0.2) is 61.2 Å². The minimum Gasteiger partial charge on any atom is -0.371 e. The van der Waals surface area contributed by atoms with Gasteiger partial charge in [0.2, 0.25) is 17.7 Å². The van der Waals surface area contributed by atoms with Crippen molar-refractivity contribution in [2.24, 2.45) is 11.8 Å². The van der Waals surface area contributed by atoms with E-state index in [-0.39, 0.29) is 36.7 Å². The van der Waals surface area contributed by atoms with E-state index in [0.717, 1.165) is 111 Å². The molecule has 1 saturated carbocycles. The smallest absolute Gasteiger partial charge is 0.264 e. The lowest BCUT2D eigenvalue weighted by Gasteiger charge is -2.38. The highest BCUT2D eigenvalue weighted by atomic mass is 16.2. The predicted molar refractivity (Wildman–Crippen MR) is 211 cm³/mol. The number of hydrogen-bond donors (Lipinski definition) is 3. The lowest BCUT2D eigenvalue weighted by Crippen LogP contribution is -2.54. The van der Waals surface area contributed by atoms with Crippen LogP contribution >= 0.6 is 0 Å². The zero-order valence-corrected chi connectivity index (χ0v) is 31.9. The molecule has 1 unspecified atom stereocenters. The molecule has 3 saturated heterocycles. The molecule has 5 amide bonds. The van der Waals surface area contributed by atoms with Crippen molar-refractivity contribution in [1.82, 2.24) is 40.0 Å². The molecule has 9 rings (SSSR count). The average Bonchev–Trinajstić information content (AvgIpc) is 3.74. The molecule has 4 aliphatic heterocycles. The summed E-state index contributed by atoms with van der Waals surface area (Å²) in [6.45, 7) is 5.54. The number of nitrogens with one attached hydrogen (secondary N) is 3. The van der Waals surface area contributed by atoms with Crippen LogP contribution in [-0.2, 0) is 20.8 Å². The molecule has 0 bridgehead atoms. The lowest BCUT2D eigenvalue weighted by atomic mass is 9.86. The highest BCUT2D eigenvalue weighted by Crippen LogP contribution is 2.37. The Hall–Kier alpha value is -5.70. The number of carbonyl (C=O) groups excluding carboxylic acids is 5. The zero-order chi connectivity index (χ0) is 39.0. The number of imidazole rings is 1. The van der Waals surface area contributed by atoms with Gasteiger partial charge in [-0.2, -0.15) is 0 Å². The quantitative estimate of drug-likeness (QED) is 0.191. The summed E-state index contributed by atoms with van der Waals surface area (Å²) in [6.07, 6.45) is 9.97. The molecule has 1 aliphatic carbocycles. The maximum absolute atomic E-state index is 13.6. The summed E-state index contributed by atoms with van der Waals surface area (Å²) >= 11 is 0. The van der Waals surface area contributed by atoms with Crippen molar-refractivity contribution < 1.29 is 24.0 Å². The molecule has 4 fully saturated rings. The van der Waals surface area contributed by atoms with Gasteiger partial charge in [0.05, 0.1) is 29.6 Å². The van der Waals surface area contributed by atoms with Gasteiger partial charge in [0.15, 0.2) is 11.5 Å². The van der Waals surface area contributed by atoms with E-state index in [9.17, 15) is 24.0 Å². The summed E-state index contributed by atoms with van der Waals surface area (Å²) in [5.41, 5.74) is 4.05. The third-order valence-corrected chi connectivity index (χ3v) is 12.6. The van der Waals surface area contributed by atoms with E-state index in [4.69, 9.17) is 4.98 Å². The molecule has 5 aliphatic rings. The first-order valence-corrected chi connectivity index (χ1v) is 20.4. The average molecular weight is 773 g/mol. The van der Waals surface area contributed by atoms with Crippen molar-refractivity contribution in [3.05, 3.63) is 77.9 Å². The Labute approximate surface area is 330 Å². The monoisotopic (exact) mass is 772 g/mol. The first-order valence-electron chi connectivity index (χ1n) is 20.4. The summed E-state index contributed by atoms with van der Waals surface area (Å²) in [4.78, 5) is 83.4. The number of aromatic nitrogens is 4. The van der Waals surface area contributed by atoms with Crippen LogP contribution < -0.4 is 20.9 Å². The number of likely N-dealkylation sites (tertiary alicyclic amines) is 1. The Balaban J connectivity index is 0.723. The molecule has 296 valence electrons. The van der Waals surface area contributed by atoms with Gasteiger partial charge in [-0.1, -0.05) is 36.4 Å². The van der Waals surface area contributed by atoms with Crippen LogP contribution in [0.2, 0.25) is 0 Å². The number of imide groups is 2. The Kier molecular flexibility index (Phi) is 10.2. The molecule has 2 aromatic carbocycles. The molecule has 0 spiro atoms. The summed E-state index contributed by atoms with van der Waals surface area (Å²) in [5.74, 6) is -0.0132. The second-order valence-electron chi connectivity index (χ2n) is 16.3. The SMILES string of the molecule is O=C1CCC(N2C(=O)c3cccc(N4CCC(CN5CCC(CNc6ncnc7c6ncn7C6CC(NC(=O)Cc7ccccc7)C6)CC5)CC4)c3C2=O)C(=O)N1. The second kappa shape index (κ2) is 15.7. The maximum atomic E-state index is 13.6.